The number of hydrogen-bond donors (Lipinski definition) is 2. The number of primary amides is 1. The lowest BCUT2D eigenvalue weighted by atomic mass is 9.67. The minimum atomic E-state index is -0.417. The van der Waals surface area contributed by atoms with Gasteiger partial charge < -0.3 is 15.8 Å². The molecule has 4 nitrogen and oxygen atoms in total. The molecule has 1 amide bonds. The Morgan fingerprint density at radius 2 is 1.75 bits per heavy atom. The molecule has 0 saturated carbocycles. The summed E-state index contributed by atoms with van der Waals surface area (Å²) < 4.78 is 5.34. The Morgan fingerprint density at radius 3 is 2.41 bits per heavy atom. The number of nitrogens with two attached hydrogens (primary N) is 1. The molecule has 1 fully saturated rings. The van der Waals surface area contributed by atoms with E-state index >= 15 is 0 Å². The van der Waals surface area contributed by atoms with Gasteiger partial charge in [0.05, 0.1) is 18.1 Å². The fourth-order valence-electron chi connectivity index (χ4n) is 5.97. The Kier molecular flexibility index (Phi) is 5.71. The average molecular weight is 427 g/mol. The lowest BCUT2D eigenvalue weighted by Gasteiger charge is -2.40. The summed E-state index contributed by atoms with van der Waals surface area (Å²) in [5.74, 6) is -0.316. The second-order valence-corrected chi connectivity index (χ2v) is 9.01. The zero-order valence-corrected chi connectivity index (χ0v) is 18.3. The van der Waals surface area contributed by atoms with Crippen LogP contribution in [-0.2, 0) is 15.1 Å². The fraction of sp³-hybridized carbons (Fsp3) is 0.321. The van der Waals surface area contributed by atoms with Gasteiger partial charge in [0.25, 0.3) is 0 Å². The summed E-state index contributed by atoms with van der Waals surface area (Å²) in [5, 5.41) is 3.80. The van der Waals surface area contributed by atoms with Crippen LogP contribution in [0.3, 0.4) is 0 Å². The van der Waals surface area contributed by atoms with E-state index in [0.717, 1.165) is 38.6 Å². The highest BCUT2D eigenvalue weighted by molar-refractivity contribution is 5.77. The number of fused-ring (bicyclic) bond motifs is 1. The van der Waals surface area contributed by atoms with Crippen molar-refractivity contribution in [1.29, 1.82) is 0 Å². The van der Waals surface area contributed by atoms with Crippen LogP contribution in [0.4, 0.5) is 0 Å². The Bertz CT molecular complexity index is 1030. The van der Waals surface area contributed by atoms with Gasteiger partial charge in [-0.05, 0) is 72.9 Å². The van der Waals surface area contributed by atoms with E-state index in [4.69, 9.17) is 10.5 Å². The molecule has 5 rings (SSSR count). The second-order valence-electron chi connectivity index (χ2n) is 9.01. The first-order valence-corrected chi connectivity index (χ1v) is 11.6. The minimum Gasteiger partial charge on any atom is -0.472 e. The van der Waals surface area contributed by atoms with E-state index in [1.54, 1.807) is 6.26 Å². The van der Waals surface area contributed by atoms with Crippen molar-refractivity contribution in [2.45, 2.75) is 37.6 Å². The first-order chi connectivity index (χ1) is 15.7. The second kappa shape index (κ2) is 8.79. The van der Waals surface area contributed by atoms with Crippen molar-refractivity contribution >= 4 is 5.91 Å². The van der Waals surface area contributed by atoms with Crippen LogP contribution < -0.4 is 11.1 Å². The molecule has 0 spiro atoms. The summed E-state index contributed by atoms with van der Waals surface area (Å²) in [7, 11) is 0. The molecule has 2 unspecified atom stereocenters. The third kappa shape index (κ3) is 3.59. The first-order valence-electron chi connectivity index (χ1n) is 11.6. The van der Waals surface area contributed by atoms with Gasteiger partial charge in [-0.3, -0.25) is 4.79 Å². The van der Waals surface area contributed by atoms with Crippen LogP contribution >= 0.6 is 0 Å². The standard InChI is InChI=1S/C28H30N2O2/c29-27(31)25(14-13-20-11-12-21-19-32-18-16-24(20)21)26-15-17-30-28(26,22-7-3-1-4-8-22)23-9-5-2-6-10-23/h1-10,16,18-19,25-26,30H,11-15,17H2,(H2,29,31). The van der Waals surface area contributed by atoms with Crippen LogP contribution in [0.15, 0.2) is 96.0 Å². The lowest BCUT2D eigenvalue weighted by Crippen LogP contribution is -2.48. The largest absolute Gasteiger partial charge is 0.472 e. The van der Waals surface area contributed by atoms with E-state index in [1.165, 1.54) is 27.8 Å². The van der Waals surface area contributed by atoms with Crippen LogP contribution in [0.1, 0.15) is 43.2 Å². The van der Waals surface area contributed by atoms with Crippen molar-refractivity contribution in [2.75, 3.05) is 6.54 Å². The third-order valence-electron chi connectivity index (χ3n) is 7.43. The van der Waals surface area contributed by atoms with Gasteiger partial charge in [-0.2, -0.15) is 0 Å². The molecule has 164 valence electrons. The highest BCUT2D eigenvalue weighted by Gasteiger charge is 2.50. The maximum absolute atomic E-state index is 12.9. The van der Waals surface area contributed by atoms with E-state index in [2.05, 4.69) is 59.9 Å². The van der Waals surface area contributed by atoms with Crippen molar-refractivity contribution in [1.82, 2.24) is 5.32 Å². The predicted molar refractivity (Wildman–Crippen MR) is 126 cm³/mol. The van der Waals surface area contributed by atoms with E-state index in [9.17, 15) is 4.79 Å². The van der Waals surface area contributed by atoms with E-state index in [0.29, 0.717) is 0 Å². The summed E-state index contributed by atoms with van der Waals surface area (Å²) in [6, 6.07) is 21.1. The molecule has 2 aromatic carbocycles. The molecule has 32 heavy (non-hydrogen) atoms. The first kappa shape index (κ1) is 20.8. The van der Waals surface area contributed by atoms with Gasteiger partial charge in [0.15, 0.2) is 0 Å². The number of rotatable bonds is 7. The zero-order chi connectivity index (χ0) is 22.0. The molecule has 2 heterocycles. The number of nitrogens with one attached hydrogen (secondary N) is 1. The van der Waals surface area contributed by atoms with Crippen molar-refractivity contribution in [2.24, 2.45) is 17.6 Å². The molecule has 2 atom stereocenters. The van der Waals surface area contributed by atoms with Crippen LogP contribution in [0.2, 0.25) is 0 Å². The molecule has 4 heteroatoms. The van der Waals surface area contributed by atoms with E-state index in [-0.39, 0.29) is 17.7 Å². The number of benzene rings is 2. The molecule has 2 aromatic rings. The molecule has 2 aliphatic heterocycles. The van der Waals surface area contributed by atoms with Crippen LogP contribution in [0.25, 0.3) is 0 Å². The fourth-order valence-corrected chi connectivity index (χ4v) is 5.97. The molecule has 0 bridgehead atoms. The molecule has 3 N–H and O–H groups in total. The van der Waals surface area contributed by atoms with Gasteiger partial charge >= 0.3 is 0 Å². The molecular weight excluding hydrogens is 396 g/mol. The maximum atomic E-state index is 12.9. The maximum Gasteiger partial charge on any atom is 0.220 e. The molecule has 1 saturated heterocycles. The Balaban J connectivity index is 1.50. The number of ether oxygens (including phenoxy) is 1. The van der Waals surface area contributed by atoms with Crippen molar-refractivity contribution in [3.8, 4) is 0 Å². The number of amides is 1. The monoisotopic (exact) mass is 426 g/mol. The normalized spacial score (nSPS) is 22.2. The summed E-state index contributed by atoms with van der Waals surface area (Å²) in [4.78, 5) is 12.9. The van der Waals surface area contributed by atoms with Crippen LogP contribution in [0, 0.1) is 11.8 Å². The van der Waals surface area contributed by atoms with Gasteiger partial charge in [-0.1, -0.05) is 66.2 Å². The zero-order valence-electron chi connectivity index (χ0n) is 18.3. The van der Waals surface area contributed by atoms with Crippen LogP contribution in [0.5, 0.6) is 0 Å². The highest BCUT2D eigenvalue weighted by Crippen LogP contribution is 2.47. The summed E-state index contributed by atoms with van der Waals surface area (Å²) in [6.07, 6.45) is 10.3. The summed E-state index contributed by atoms with van der Waals surface area (Å²) in [6.45, 7) is 0.860. The smallest absolute Gasteiger partial charge is 0.220 e. The van der Waals surface area contributed by atoms with Crippen molar-refractivity contribution in [3.63, 3.8) is 0 Å². The molecule has 3 aliphatic rings. The minimum absolute atomic E-state index is 0.0945. The Labute approximate surface area is 189 Å². The lowest BCUT2D eigenvalue weighted by molar-refractivity contribution is -0.124. The molecule has 0 aromatic heterocycles. The van der Waals surface area contributed by atoms with Gasteiger partial charge in [-0.15, -0.1) is 0 Å². The average Bonchev–Trinajstić information content (AvgIpc) is 3.46. The highest BCUT2D eigenvalue weighted by atomic mass is 16.5. The quantitative estimate of drug-likeness (QED) is 0.659. The van der Waals surface area contributed by atoms with E-state index in [1.807, 2.05) is 18.4 Å². The Hall–Kier alpha value is -3.11. The Morgan fingerprint density at radius 1 is 1.06 bits per heavy atom. The molecular formula is C28H30N2O2. The number of carbonyl (C=O) groups is 1. The third-order valence-corrected chi connectivity index (χ3v) is 7.43. The number of allylic oxidation sites excluding steroid dienone is 4. The van der Waals surface area contributed by atoms with Gasteiger partial charge in [0.1, 0.15) is 0 Å². The molecule has 1 aliphatic carbocycles. The number of hydrogen-bond acceptors (Lipinski definition) is 3. The van der Waals surface area contributed by atoms with Crippen molar-refractivity contribution < 1.29 is 9.53 Å². The SMILES string of the molecule is NC(=O)C(CCC1=C2C=COC=C2CC1)C1CCNC1(c1ccccc1)c1ccccc1. The topological polar surface area (TPSA) is 64.4 Å². The van der Waals surface area contributed by atoms with E-state index < -0.39 is 5.54 Å². The summed E-state index contributed by atoms with van der Waals surface area (Å²) >= 11 is 0. The van der Waals surface area contributed by atoms with Crippen LogP contribution in [-0.4, -0.2) is 12.5 Å². The van der Waals surface area contributed by atoms with Gasteiger partial charge in [-0.25, -0.2) is 0 Å². The summed E-state index contributed by atoms with van der Waals surface area (Å²) in [5.41, 5.74) is 12.0. The number of carbonyl (C=O) groups excluding carboxylic acids is 1. The van der Waals surface area contributed by atoms with Gasteiger partial charge in [0.2, 0.25) is 5.91 Å². The predicted octanol–water partition coefficient (Wildman–Crippen LogP) is 4.94. The molecule has 0 radical (unpaired) electrons. The van der Waals surface area contributed by atoms with Gasteiger partial charge in [0, 0.05) is 5.92 Å². The van der Waals surface area contributed by atoms with Crippen molar-refractivity contribution in [3.05, 3.63) is 107 Å².